The van der Waals surface area contributed by atoms with Gasteiger partial charge in [-0.3, -0.25) is 9.69 Å². The molecule has 4 rings (SSSR count). The minimum atomic E-state index is -0.0439. The molecule has 2 aromatic carbocycles. The fourth-order valence-electron chi connectivity index (χ4n) is 3.51. The number of nitrogens with one attached hydrogen (secondary N) is 2. The SMILES string of the molecule is O=c1[nH]ccc2cc(N[C@H]3CCN(Cc4cccc(Cl)c4)C3)ccc12. The number of rotatable bonds is 4. The number of fused-ring (bicyclic) bond motifs is 1. The number of halogens is 1. The number of benzene rings is 2. The summed E-state index contributed by atoms with van der Waals surface area (Å²) in [4.78, 5) is 16.9. The largest absolute Gasteiger partial charge is 0.381 e. The summed E-state index contributed by atoms with van der Waals surface area (Å²) in [5, 5.41) is 6.07. The molecule has 0 bridgehead atoms. The van der Waals surface area contributed by atoms with E-state index < -0.39 is 0 Å². The van der Waals surface area contributed by atoms with Crippen LogP contribution in [0.25, 0.3) is 10.8 Å². The summed E-state index contributed by atoms with van der Waals surface area (Å²) in [6.45, 7) is 2.99. The molecule has 0 radical (unpaired) electrons. The van der Waals surface area contributed by atoms with Crippen molar-refractivity contribution in [1.29, 1.82) is 0 Å². The standard InChI is InChI=1S/C20H20ClN3O/c21-16-3-1-2-14(10-16)12-24-9-7-18(13-24)23-17-4-5-19-15(11-17)6-8-22-20(19)25/h1-6,8,10-11,18,23H,7,9,12-13H2,(H,22,25)/t18-/m0/s1. The minimum Gasteiger partial charge on any atom is -0.381 e. The molecule has 25 heavy (non-hydrogen) atoms. The average molecular weight is 354 g/mol. The predicted octanol–water partition coefficient (Wildman–Crippen LogP) is 3.87. The molecule has 0 amide bonds. The fraction of sp³-hybridized carbons (Fsp3) is 0.250. The number of aromatic nitrogens is 1. The summed E-state index contributed by atoms with van der Waals surface area (Å²) >= 11 is 6.07. The molecule has 1 aliphatic rings. The van der Waals surface area contributed by atoms with Gasteiger partial charge in [-0.05, 0) is 53.8 Å². The number of pyridine rings is 1. The maximum atomic E-state index is 11.8. The van der Waals surface area contributed by atoms with Crippen LogP contribution in [0.15, 0.2) is 59.5 Å². The molecule has 1 aliphatic heterocycles. The van der Waals surface area contributed by atoms with Crippen molar-refractivity contribution in [2.75, 3.05) is 18.4 Å². The first-order valence-electron chi connectivity index (χ1n) is 8.52. The van der Waals surface area contributed by atoms with Gasteiger partial charge in [0.2, 0.25) is 0 Å². The number of likely N-dealkylation sites (tertiary alicyclic amines) is 1. The van der Waals surface area contributed by atoms with E-state index in [-0.39, 0.29) is 5.56 Å². The third-order valence-electron chi connectivity index (χ3n) is 4.71. The minimum absolute atomic E-state index is 0.0439. The Morgan fingerprint density at radius 2 is 2.12 bits per heavy atom. The van der Waals surface area contributed by atoms with Gasteiger partial charge in [0.15, 0.2) is 0 Å². The molecule has 1 atom stereocenters. The second-order valence-corrected chi connectivity index (χ2v) is 7.04. The second-order valence-electron chi connectivity index (χ2n) is 6.60. The molecule has 0 saturated carbocycles. The van der Waals surface area contributed by atoms with Crippen molar-refractivity contribution in [3.63, 3.8) is 0 Å². The number of H-pyrrole nitrogens is 1. The maximum Gasteiger partial charge on any atom is 0.255 e. The first-order valence-corrected chi connectivity index (χ1v) is 8.90. The molecular weight excluding hydrogens is 334 g/mol. The maximum absolute atomic E-state index is 11.8. The number of hydrogen-bond donors (Lipinski definition) is 2. The first-order chi connectivity index (χ1) is 12.2. The van der Waals surface area contributed by atoms with Crippen LogP contribution in [0, 0.1) is 0 Å². The van der Waals surface area contributed by atoms with Crippen LogP contribution in [0.1, 0.15) is 12.0 Å². The summed E-state index contributed by atoms with van der Waals surface area (Å²) in [6.07, 6.45) is 2.80. The first kappa shape index (κ1) is 16.2. The zero-order valence-electron chi connectivity index (χ0n) is 13.8. The molecule has 0 aliphatic carbocycles. The van der Waals surface area contributed by atoms with Crippen molar-refractivity contribution in [3.05, 3.63) is 75.7 Å². The van der Waals surface area contributed by atoms with Gasteiger partial charge in [0.05, 0.1) is 0 Å². The van der Waals surface area contributed by atoms with Crippen LogP contribution >= 0.6 is 11.6 Å². The van der Waals surface area contributed by atoms with E-state index in [0.717, 1.165) is 47.5 Å². The van der Waals surface area contributed by atoms with Crippen molar-refractivity contribution < 1.29 is 0 Å². The van der Waals surface area contributed by atoms with Crippen LogP contribution in [0.5, 0.6) is 0 Å². The molecule has 128 valence electrons. The third-order valence-corrected chi connectivity index (χ3v) is 4.95. The Morgan fingerprint density at radius 1 is 1.20 bits per heavy atom. The van der Waals surface area contributed by atoms with E-state index in [0.29, 0.717) is 6.04 Å². The summed E-state index contributed by atoms with van der Waals surface area (Å²) < 4.78 is 0. The molecule has 3 aromatic rings. The van der Waals surface area contributed by atoms with E-state index in [1.54, 1.807) is 6.20 Å². The van der Waals surface area contributed by atoms with Crippen molar-refractivity contribution in [2.45, 2.75) is 19.0 Å². The molecular formula is C20H20ClN3O. The van der Waals surface area contributed by atoms with Crippen LogP contribution in [0.2, 0.25) is 5.02 Å². The lowest BCUT2D eigenvalue weighted by Gasteiger charge is -2.18. The summed E-state index contributed by atoms with van der Waals surface area (Å²) in [7, 11) is 0. The molecule has 2 heterocycles. The average Bonchev–Trinajstić information content (AvgIpc) is 3.02. The Kier molecular flexibility index (Phi) is 4.47. The highest BCUT2D eigenvalue weighted by Crippen LogP contribution is 2.21. The van der Waals surface area contributed by atoms with Gasteiger partial charge in [-0.15, -0.1) is 0 Å². The van der Waals surface area contributed by atoms with Crippen molar-refractivity contribution in [1.82, 2.24) is 9.88 Å². The van der Waals surface area contributed by atoms with Gasteiger partial charge in [0, 0.05) is 48.0 Å². The Bertz CT molecular complexity index is 953. The van der Waals surface area contributed by atoms with Crippen molar-refractivity contribution in [3.8, 4) is 0 Å². The highest BCUT2D eigenvalue weighted by molar-refractivity contribution is 6.30. The third kappa shape index (κ3) is 3.70. The van der Waals surface area contributed by atoms with Gasteiger partial charge in [-0.1, -0.05) is 23.7 Å². The number of nitrogens with zero attached hydrogens (tertiary/aromatic N) is 1. The van der Waals surface area contributed by atoms with Gasteiger partial charge in [-0.2, -0.15) is 0 Å². The van der Waals surface area contributed by atoms with Crippen molar-refractivity contribution >= 4 is 28.1 Å². The van der Waals surface area contributed by atoms with Crippen LogP contribution < -0.4 is 10.9 Å². The molecule has 2 N–H and O–H groups in total. The van der Waals surface area contributed by atoms with Crippen LogP contribution in [-0.4, -0.2) is 29.0 Å². The molecule has 1 fully saturated rings. The number of hydrogen-bond acceptors (Lipinski definition) is 3. The van der Waals surface area contributed by atoms with E-state index >= 15 is 0 Å². The molecule has 0 spiro atoms. The Labute approximate surface area is 151 Å². The highest BCUT2D eigenvalue weighted by Gasteiger charge is 2.22. The van der Waals surface area contributed by atoms with Gasteiger partial charge >= 0.3 is 0 Å². The zero-order chi connectivity index (χ0) is 17.2. The number of anilines is 1. The van der Waals surface area contributed by atoms with Gasteiger partial charge in [0.25, 0.3) is 5.56 Å². The van der Waals surface area contributed by atoms with Gasteiger partial charge in [0.1, 0.15) is 0 Å². The summed E-state index contributed by atoms with van der Waals surface area (Å²) in [6, 6.07) is 16.3. The molecule has 4 nitrogen and oxygen atoms in total. The molecule has 5 heteroatoms. The monoisotopic (exact) mass is 353 g/mol. The molecule has 0 unspecified atom stereocenters. The van der Waals surface area contributed by atoms with E-state index in [9.17, 15) is 4.79 Å². The molecule has 1 aromatic heterocycles. The lowest BCUT2D eigenvalue weighted by Crippen LogP contribution is -2.26. The fourth-order valence-corrected chi connectivity index (χ4v) is 3.72. The van der Waals surface area contributed by atoms with E-state index in [1.807, 2.05) is 42.5 Å². The Balaban J connectivity index is 1.41. The Morgan fingerprint density at radius 3 is 3.00 bits per heavy atom. The second kappa shape index (κ2) is 6.90. The van der Waals surface area contributed by atoms with Crippen molar-refractivity contribution in [2.24, 2.45) is 0 Å². The van der Waals surface area contributed by atoms with Crippen LogP contribution in [0.4, 0.5) is 5.69 Å². The molecule has 1 saturated heterocycles. The topological polar surface area (TPSA) is 48.1 Å². The van der Waals surface area contributed by atoms with Crippen LogP contribution in [-0.2, 0) is 6.54 Å². The number of aromatic amines is 1. The van der Waals surface area contributed by atoms with E-state index in [2.05, 4.69) is 21.3 Å². The predicted molar refractivity (Wildman–Crippen MR) is 103 cm³/mol. The van der Waals surface area contributed by atoms with E-state index in [4.69, 9.17) is 11.6 Å². The van der Waals surface area contributed by atoms with Gasteiger partial charge in [-0.25, -0.2) is 0 Å². The zero-order valence-corrected chi connectivity index (χ0v) is 14.6. The van der Waals surface area contributed by atoms with Crippen LogP contribution in [0.3, 0.4) is 0 Å². The van der Waals surface area contributed by atoms with Gasteiger partial charge < -0.3 is 10.3 Å². The quantitative estimate of drug-likeness (QED) is 0.748. The normalized spacial score (nSPS) is 17.9. The smallest absolute Gasteiger partial charge is 0.255 e. The lowest BCUT2D eigenvalue weighted by atomic mass is 10.1. The lowest BCUT2D eigenvalue weighted by molar-refractivity contribution is 0.328. The van der Waals surface area contributed by atoms with E-state index in [1.165, 1.54) is 5.56 Å². The summed E-state index contributed by atoms with van der Waals surface area (Å²) in [5.41, 5.74) is 2.27. The Hall–Kier alpha value is -2.30. The highest BCUT2D eigenvalue weighted by atomic mass is 35.5. The summed E-state index contributed by atoms with van der Waals surface area (Å²) in [5.74, 6) is 0.